The van der Waals surface area contributed by atoms with E-state index in [-0.39, 0.29) is 0 Å². The number of piperidine rings is 1. The van der Waals surface area contributed by atoms with Crippen molar-refractivity contribution in [3.63, 3.8) is 0 Å². The monoisotopic (exact) mass is 308 g/mol. The molecule has 1 aliphatic heterocycles. The number of pyridine rings is 2. The molecule has 0 aliphatic carbocycles. The van der Waals surface area contributed by atoms with Gasteiger partial charge in [-0.25, -0.2) is 0 Å². The maximum Gasteiger partial charge on any atom is 0.0842 e. The number of hydrogen-bond acceptors (Lipinski definition) is 5. The van der Waals surface area contributed by atoms with Gasteiger partial charge in [-0.15, -0.1) is 0 Å². The molecule has 1 aliphatic rings. The molecular weight excluding hydrogens is 288 g/mol. The van der Waals surface area contributed by atoms with Gasteiger partial charge in [0.15, 0.2) is 0 Å². The average Bonchev–Trinajstić information content (AvgIpc) is 3.00. The van der Waals surface area contributed by atoms with Gasteiger partial charge in [0.2, 0.25) is 0 Å². The van der Waals surface area contributed by atoms with Gasteiger partial charge in [0.05, 0.1) is 23.1 Å². The molecule has 0 spiro atoms. The fraction of sp³-hybridized carbons (Fsp3) is 0.353. The van der Waals surface area contributed by atoms with Gasteiger partial charge in [0.1, 0.15) is 0 Å². The Morgan fingerprint density at radius 2 is 2.13 bits per heavy atom. The molecule has 1 saturated heterocycles. The van der Waals surface area contributed by atoms with Crippen LogP contribution in [-0.4, -0.2) is 44.2 Å². The summed E-state index contributed by atoms with van der Waals surface area (Å²) in [6.07, 6.45) is 7.57. The van der Waals surface area contributed by atoms with E-state index in [1.54, 1.807) is 6.20 Å². The van der Waals surface area contributed by atoms with Crippen molar-refractivity contribution in [2.75, 3.05) is 13.1 Å². The molecule has 0 bridgehead atoms. The van der Waals surface area contributed by atoms with E-state index in [1.807, 2.05) is 24.5 Å². The molecule has 118 valence electrons. The highest BCUT2D eigenvalue weighted by Crippen LogP contribution is 2.23. The summed E-state index contributed by atoms with van der Waals surface area (Å²) in [6.45, 7) is 2.93. The second-order valence-electron chi connectivity index (χ2n) is 6.14. The van der Waals surface area contributed by atoms with Crippen molar-refractivity contribution in [3.05, 3.63) is 42.5 Å². The minimum Gasteiger partial charge on any atom is -0.328 e. The molecule has 3 aromatic heterocycles. The summed E-state index contributed by atoms with van der Waals surface area (Å²) in [5.41, 5.74) is 9.97. The maximum absolute atomic E-state index is 5.98. The van der Waals surface area contributed by atoms with E-state index in [1.165, 1.54) is 0 Å². The predicted molar refractivity (Wildman–Crippen MR) is 89.6 cm³/mol. The first-order valence-corrected chi connectivity index (χ1v) is 8.01. The third-order valence-corrected chi connectivity index (χ3v) is 4.49. The van der Waals surface area contributed by atoms with E-state index in [9.17, 15) is 0 Å². The standard InChI is InChI=1S/C17H20N6/c18-13-3-6-23(7-4-13)11-17-14-8-15(12-2-1-5-19-9-12)20-10-16(14)21-22-17/h1-2,5,8-10,13H,3-4,6-7,11,18H2,(H,21,22). The lowest BCUT2D eigenvalue weighted by atomic mass is 10.1. The number of fused-ring (bicyclic) bond motifs is 1. The summed E-state index contributed by atoms with van der Waals surface area (Å²) < 4.78 is 0. The number of rotatable bonds is 3. The molecule has 0 amide bonds. The zero-order chi connectivity index (χ0) is 15.6. The zero-order valence-electron chi connectivity index (χ0n) is 12.9. The Bertz CT molecular complexity index is 789. The molecule has 4 heterocycles. The molecule has 1 fully saturated rings. The number of H-pyrrole nitrogens is 1. The largest absolute Gasteiger partial charge is 0.328 e. The molecule has 0 saturated carbocycles. The molecule has 0 unspecified atom stereocenters. The third-order valence-electron chi connectivity index (χ3n) is 4.49. The number of aromatic nitrogens is 4. The van der Waals surface area contributed by atoms with Crippen LogP contribution < -0.4 is 5.73 Å². The predicted octanol–water partition coefficient (Wildman–Crippen LogP) is 1.94. The van der Waals surface area contributed by atoms with Crippen molar-refractivity contribution in [3.8, 4) is 11.3 Å². The Labute approximate surface area is 134 Å². The topological polar surface area (TPSA) is 83.7 Å². The summed E-state index contributed by atoms with van der Waals surface area (Å²) in [4.78, 5) is 11.1. The molecular formula is C17H20N6. The average molecular weight is 308 g/mol. The fourth-order valence-corrected chi connectivity index (χ4v) is 3.09. The first kappa shape index (κ1) is 14.3. The number of likely N-dealkylation sites (tertiary alicyclic amines) is 1. The van der Waals surface area contributed by atoms with Crippen molar-refractivity contribution in [1.82, 2.24) is 25.1 Å². The molecule has 3 N–H and O–H groups in total. The Morgan fingerprint density at radius 3 is 2.91 bits per heavy atom. The molecule has 0 aromatic carbocycles. The Kier molecular flexibility index (Phi) is 3.77. The lowest BCUT2D eigenvalue weighted by Gasteiger charge is -2.29. The highest BCUT2D eigenvalue weighted by Gasteiger charge is 2.18. The zero-order valence-corrected chi connectivity index (χ0v) is 12.9. The van der Waals surface area contributed by atoms with Gasteiger partial charge in [-0.2, -0.15) is 5.10 Å². The van der Waals surface area contributed by atoms with E-state index in [2.05, 4.69) is 31.1 Å². The normalized spacial score (nSPS) is 16.9. The van der Waals surface area contributed by atoms with Gasteiger partial charge >= 0.3 is 0 Å². The van der Waals surface area contributed by atoms with E-state index < -0.39 is 0 Å². The van der Waals surface area contributed by atoms with Gasteiger partial charge < -0.3 is 5.73 Å². The number of nitrogens with one attached hydrogen (secondary N) is 1. The first-order chi connectivity index (χ1) is 11.3. The number of hydrogen-bond donors (Lipinski definition) is 2. The van der Waals surface area contributed by atoms with Gasteiger partial charge in [-0.1, -0.05) is 0 Å². The van der Waals surface area contributed by atoms with Crippen LogP contribution in [0.2, 0.25) is 0 Å². The molecule has 6 nitrogen and oxygen atoms in total. The maximum atomic E-state index is 5.98. The van der Waals surface area contributed by atoms with Crippen LogP contribution in [0.25, 0.3) is 22.2 Å². The van der Waals surface area contributed by atoms with Crippen LogP contribution in [0.4, 0.5) is 0 Å². The minimum absolute atomic E-state index is 0.351. The van der Waals surface area contributed by atoms with Crippen molar-refractivity contribution in [2.45, 2.75) is 25.4 Å². The molecule has 23 heavy (non-hydrogen) atoms. The van der Waals surface area contributed by atoms with E-state index in [0.717, 1.165) is 60.3 Å². The summed E-state index contributed by atoms with van der Waals surface area (Å²) in [6, 6.07) is 6.39. The SMILES string of the molecule is NC1CCN(Cc2n[nH]c3cnc(-c4cccnc4)cc23)CC1. The second-order valence-corrected chi connectivity index (χ2v) is 6.14. The second kappa shape index (κ2) is 6.06. The van der Waals surface area contributed by atoms with Crippen LogP contribution in [0.3, 0.4) is 0 Å². The van der Waals surface area contributed by atoms with Gasteiger partial charge in [0, 0.05) is 49.0 Å². The van der Waals surface area contributed by atoms with E-state index in [0.29, 0.717) is 6.04 Å². The fourth-order valence-electron chi connectivity index (χ4n) is 3.09. The molecule has 3 aromatic rings. The number of aromatic amines is 1. The van der Waals surface area contributed by atoms with Crippen LogP contribution in [0, 0.1) is 0 Å². The van der Waals surface area contributed by atoms with Crippen molar-refractivity contribution in [2.24, 2.45) is 5.73 Å². The molecule has 6 heteroatoms. The summed E-state index contributed by atoms with van der Waals surface area (Å²) in [7, 11) is 0. The van der Waals surface area contributed by atoms with Crippen molar-refractivity contribution < 1.29 is 0 Å². The van der Waals surface area contributed by atoms with E-state index in [4.69, 9.17) is 5.73 Å². The van der Waals surface area contributed by atoms with Gasteiger partial charge in [-0.05, 0) is 31.0 Å². The Hall–Kier alpha value is -2.31. The minimum atomic E-state index is 0.351. The smallest absolute Gasteiger partial charge is 0.0842 e. The van der Waals surface area contributed by atoms with Crippen LogP contribution >= 0.6 is 0 Å². The van der Waals surface area contributed by atoms with Crippen LogP contribution in [0.5, 0.6) is 0 Å². The quantitative estimate of drug-likeness (QED) is 0.772. The lowest BCUT2D eigenvalue weighted by molar-refractivity contribution is 0.204. The van der Waals surface area contributed by atoms with Crippen LogP contribution in [-0.2, 0) is 6.54 Å². The van der Waals surface area contributed by atoms with E-state index >= 15 is 0 Å². The summed E-state index contributed by atoms with van der Waals surface area (Å²) in [5.74, 6) is 0. The van der Waals surface area contributed by atoms with Crippen LogP contribution in [0.15, 0.2) is 36.8 Å². The van der Waals surface area contributed by atoms with Gasteiger partial charge in [-0.3, -0.25) is 20.0 Å². The summed E-state index contributed by atoms with van der Waals surface area (Å²) in [5, 5.41) is 8.71. The highest BCUT2D eigenvalue weighted by molar-refractivity contribution is 5.84. The van der Waals surface area contributed by atoms with Crippen molar-refractivity contribution >= 4 is 10.9 Å². The van der Waals surface area contributed by atoms with Crippen molar-refractivity contribution in [1.29, 1.82) is 0 Å². The highest BCUT2D eigenvalue weighted by atomic mass is 15.2. The lowest BCUT2D eigenvalue weighted by Crippen LogP contribution is -2.39. The molecule has 4 rings (SSSR count). The Morgan fingerprint density at radius 1 is 1.26 bits per heavy atom. The van der Waals surface area contributed by atoms with Gasteiger partial charge in [0.25, 0.3) is 0 Å². The number of nitrogens with zero attached hydrogens (tertiary/aromatic N) is 4. The van der Waals surface area contributed by atoms with Crippen LogP contribution in [0.1, 0.15) is 18.5 Å². The Balaban J connectivity index is 1.63. The molecule has 0 radical (unpaired) electrons. The molecule has 0 atom stereocenters. The number of nitrogens with two attached hydrogens (primary N) is 1. The third kappa shape index (κ3) is 2.95. The first-order valence-electron chi connectivity index (χ1n) is 8.01. The summed E-state index contributed by atoms with van der Waals surface area (Å²) >= 11 is 0.